The van der Waals surface area contributed by atoms with Gasteiger partial charge in [0.25, 0.3) is 0 Å². The predicted octanol–water partition coefficient (Wildman–Crippen LogP) is 2.00. The molecule has 2 heterocycles. The van der Waals surface area contributed by atoms with E-state index in [1.807, 2.05) is 6.92 Å². The van der Waals surface area contributed by atoms with E-state index in [-0.39, 0.29) is 16.8 Å². The average molecular weight is 366 g/mol. The molecule has 1 aliphatic heterocycles. The molecule has 1 aliphatic rings. The number of benzene rings is 1. The molecule has 0 saturated carbocycles. The van der Waals surface area contributed by atoms with Crippen LogP contribution in [0.15, 0.2) is 35.4 Å². The second-order valence-corrected chi connectivity index (χ2v) is 8.79. The summed E-state index contributed by atoms with van der Waals surface area (Å²) in [4.78, 5) is 19.7. The molecule has 0 N–H and O–H groups in total. The molecule has 1 aromatic carbocycles. The van der Waals surface area contributed by atoms with Crippen molar-refractivity contribution in [2.45, 2.75) is 17.9 Å². The number of aromatic nitrogens is 1. The quantitative estimate of drug-likeness (QED) is 0.771. The van der Waals surface area contributed by atoms with Crippen LogP contribution in [0.2, 0.25) is 0 Å². The van der Waals surface area contributed by atoms with Crippen LogP contribution >= 0.6 is 11.3 Å². The first-order valence-electron chi connectivity index (χ1n) is 7.52. The summed E-state index contributed by atoms with van der Waals surface area (Å²) in [7, 11) is -3.35. The molecule has 0 amide bonds. The summed E-state index contributed by atoms with van der Waals surface area (Å²) in [5.74, 6) is -0.217. The number of nitrogens with zero attached hydrogens (tertiary/aromatic N) is 2. The molecule has 1 aromatic heterocycles. The number of ketones is 1. The number of hydrogen-bond donors (Lipinski definition) is 0. The number of rotatable bonds is 4. The van der Waals surface area contributed by atoms with Crippen molar-refractivity contribution in [3.63, 3.8) is 0 Å². The first kappa shape index (κ1) is 17.1. The first-order chi connectivity index (χ1) is 11.3. The van der Waals surface area contributed by atoms with E-state index in [0.29, 0.717) is 17.0 Å². The molecule has 1 fully saturated rings. The second kappa shape index (κ2) is 6.62. The number of carbonyl (C=O) groups is 1. The van der Waals surface area contributed by atoms with E-state index < -0.39 is 9.84 Å². The normalized spacial score (nSPS) is 18.6. The van der Waals surface area contributed by atoms with Gasteiger partial charge in [-0.15, -0.1) is 0 Å². The molecule has 0 spiro atoms. The van der Waals surface area contributed by atoms with Crippen LogP contribution in [0.3, 0.4) is 0 Å². The van der Waals surface area contributed by atoms with Crippen molar-refractivity contribution in [3.05, 3.63) is 40.9 Å². The van der Waals surface area contributed by atoms with Crippen LogP contribution in [0.4, 0.5) is 5.13 Å². The van der Waals surface area contributed by atoms with E-state index in [2.05, 4.69) is 9.88 Å². The molecule has 1 unspecified atom stereocenters. The van der Waals surface area contributed by atoms with E-state index >= 15 is 0 Å². The SMILES string of the molecule is CC1CN(c2ncc(C(=O)c3cccc(S(C)(=O)=O)c3)s2)CCO1. The zero-order chi connectivity index (χ0) is 17.3. The molecule has 24 heavy (non-hydrogen) atoms. The fraction of sp³-hybridized carbons (Fsp3) is 0.375. The molecule has 0 radical (unpaired) electrons. The average Bonchev–Trinajstić information content (AvgIpc) is 3.03. The smallest absolute Gasteiger partial charge is 0.204 e. The largest absolute Gasteiger partial charge is 0.375 e. The Morgan fingerprint density at radius 2 is 2.21 bits per heavy atom. The van der Waals surface area contributed by atoms with E-state index in [1.165, 1.54) is 23.5 Å². The van der Waals surface area contributed by atoms with Gasteiger partial charge in [-0.2, -0.15) is 0 Å². The first-order valence-corrected chi connectivity index (χ1v) is 10.2. The minimum atomic E-state index is -3.35. The Kier molecular flexibility index (Phi) is 4.71. The summed E-state index contributed by atoms with van der Waals surface area (Å²) < 4.78 is 28.8. The predicted molar refractivity (Wildman–Crippen MR) is 92.7 cm³/mol. The summed E-state index contributed by atoms with van der Waals surface area (Å²) >= 11 is 1.32. The summed E-state index contributed by atoms with van der Waals surface area (Å²) in [5.41, 5.74) is 0.350. The Morgan fingerprint density at radius 1 is 1.42 bits per heavy atom. The summed E-state index contributed by atoms with van der Waals surface area (Å²) in [6.07, 6.45) is 2.81. The number of carbonyl (C=O) groups excluding carboxylic acids is 1. The molecule has 1 saturated heterocycles. The maximum atomic E-state index is 12.6. The number of hydrogen-bond acceptors (Lipinski definition) is 7. The van der Waals surface area contributed by atoms with E-state index in [1.54, 1.807) is 18.3 Å². The molecule has 8 heteroatoms. The molecular formula is C16H18N2O4S2. The minimum Gasteiger partial charge on any atom is -0.375 e. The zero-order valence-corrected chi connectivity index (χ0v) is 15.1. The van der Waals surface area contributed by atoms with E-state index in [9.17, 15) is 13.2 Å². The van der Waals surface area contributed by atoms with Crippen molar-refractivity contribution < 1.29 is 17.9 Å². The van der Waals surface area contributed by atoms with Crippen LogP contribution in [0.5, 0.6) is 0 Å². The number of thiazole rings is 1. The van der Waals surface area contributed by atoms with Gasteiger partial charge in [-0.05, 0) is 19.1 Å². The van der Waals surface area contributed by atoms with Crippen molar-refractivity contribution >= 4 is 32.1 Å². The van der Waals surface area contributed by atoms with Gasteiger partial charge in [-0.3, -0.25) is 4.79 Å². The van der Waals surface area contributed by atoms with E-state index in [0.717, 1.165) is 24.5 Å². The van der Waals surface area contributed by atoms with Gasteiger partial charge in [0, 0.05) is 24.9 Å². The molecule has 128 valence electrons. The van der Waals surface area contributed by atoms with Crippen LogP contribution in [0.25, 0.3) is 0 Å². The van der Waals surface area contributed by atoms with Gasteiger partial charge in [0.15, 0.2) is 15.0 Å². The van der Waals surface area contributed by atoms with E-state index in [4.69, 9.17) is 4.74 Å². The summed E-state index contributed by atoms with van der Waals surface area (Å²) in [6, 6.07) is 6.09. The molecule has 0 aliphatic carbocycles. The highest BCUT2D eigenvalue weighted by Gasteiger charge is 2.22. The van der Waals surface area contributed by atoms with Crippen LogP contribution in [-0.2, 0) is 14.6 Å². The maximum Gasteiger partial charge on any atom is 0.204 e. The standard InChI is InChI=1S/C16H18N2O4S2/c1-11-10-18(6-7-22-11)16-17-9-14(23-16)15(19)12-4-3-5-13(8-12)24(2,20)21/h3-5,8-9,11H,6-7,10H2,1-2H3. The van der Waals surface area contributed by atoms with Gasteiger partial charge >= 0.3 is 0 Å². The van der Waals surface area contributed by atoms with Gasteiger partial charge < -0.3 is 9.64 Å². The van der Waals surface area contributed by atoms with Crippen molar-refractivity contribution in [2.75, 3.05) is 30.9 Å². The monoisotopic (exact) mass is 366 g/mol. The third-order valence-electron chi connectivity index (χ3n) is 3.75. The Morgan fingerprint density at radius 3 is 2.92 bits per heavy atom. The molecule has 3 rings (SSSR count). The molecule has 1 atom stereocenters. The minimum absolute atomic E-state index is 0.133. The highest BCUT2D eigenvalue weighted by atomic mass is 32.2. The highest BCUT2D eigenvalue weighted by molar-refractivity contribution is 7.90. The summed E-state index contributed by atoms with van der Waals surface area (Å²) in [6.45, 7) is 4.13. The maximum absolute atomic E-state index is 12.6. The van der Waals surface area contributed by atoms with Crippen molar-refractivity contribution in [3.8, 4) is 0 Å². The Balaban J connectivity index is 1.84. The topological polar surface area (TPSA) is 76.6 Å². The van der Waals surface area contributed by atoms with Crippen molar-refractivity contribution in [2.24, 2.45) is 0 Å². The van der Waals surface area contributed by atoms with Gasteiger partial charge in [0.1, 0.15) is 0 Å². The van der Waals surface area contributed by atoms with Gasteiger partial charge in [-0.25, -0.2) is 13.4 Å². The second-order valence-electron chi connectivity index (χ2n) is 5.76. The van der Waals surface area contributed by atoms with Gasteiger partial charge in [0.2, 0.25) is 5.78 Å². The summed E-state index contributed by atoms with van der Waals surface area (Å²) in [5, 5.41) is 0.785. The number of morpholine rings is 1. The molecular weight excluding hydrogens is 348 g/mol. The number of ether oxygens (including phenoxy) is 1. The molecule has 0 bridgehead atoms. The van der Waals surface area contributed by atoms with Gasteiger partial charge in [0.05, 0.1) is 28.7 Å². The number of sulfone groups is 1. The molecule has 6 nitrogen and oxygen atoms in total. The lowest BCUT2D eigenvalue weighted by Crippen LogP contribution is -2.41. The van der Waals surface area contributed by atoms with Crippen LogP contribution in [0, 0.1) is 0 Å². The zero-order valence-electron chi connectivity index (χ0n) is 13.4. The fourth-order valence-electron chi connectivity index (χ4n) is 2.52. The van der Waals surface area contributed by atoms with Gasteiger partial charge in [-0.1, -0.05) is 23.5 Å². The lowest BCUT2D eigenvalue weighted by Gasteiger charge is -2.30. The Bertz CT molecular complexity index is 860. The van der Waals surface area contributed by atoms with Crippen molar-refractivity contribution in [1.82, 2.24) is 4.98 Å². The molecule has 2 aromatic rings. The van der Waals surface area contributed by atoms with Crippen molar-refractivity contribution in [1.29, 1.82) is 0 Å². The van der Waals surface area contributed by atoms with Crippen LogP contribution in [-0.4, -0.2) is 51.2 Å². The van der Waals surface area contributed by atoms with Crippen LogP contribution < -0.4 is 4.90 Å². The number of anilines is 1. The third-order valence-corrected chi connectivity index (χ3v) is 5.92. The highest BCUT2D eigenvalue weighted by Crippen LogP contribution is 2.26. The Hall–Kier alpha value is -1.77. The fourth-order valence-corrected chi connectivity index (χ4v) is 4.10. The third kappa shape index (κ3) is 3.66. The lowest BCUT2D eigenvalue weighted by molar-refractivity contribution is 0.0532. The lowest BCUT2D eigenvalue weighted by atomic mass is 10.1. The Labute approximate surface area is 145 Å². The van der Waals surface area contributed by atoms with Crippen LogP contribution in [0.1, 0.15) is 22.2 Å².